The maximum Gasteiger partial charge on any atom is 0.264 e. The minimum atomic E-state index is -3.72. The van der Waals surface area contributed by atoms with Gasteiger partial charge in [-0.3, -0.25) is 9.10 Å². The Labute approximate surface area is 137 Å². The van der Waals surface area contributed by atoms with E-state index in [-0.39, 0.29) is 17.2 Å². The highest BCUT2D eigenvalue weighted by Crippen LogP contribution is 2.24. The molecule has 2 aromatic rings. The molecular weight excluding hydrogens is 310 g/mol. The zero-order valence-electron chi connectivity index (χ0n) is 13.2. The molecule has 0 saturated heterocycles. The number of Topliss-reactive ketones (excluding diaryl/α,β-unsaturated/α-hetero) is 1. The topological polar surface area (TPSA) is 54.5 Å². The molecule has 0 aliphatic heterocycles. The number of anilines is 1. The van der Waals surface area contributed by atoms with Crippen LogP contribution >= 0.6 is 0 Å². The van der Waals surface area contributed by atoms with Crippen LogP contribution in [0.2, 0.25) is 0 Å². The summed E-state index contributed by atoms with van der Waals surface area (Å²) in [5, 5.41) is 0. The molecule has 4 nitrogen and oxygen atoms in total. The van der Waals surface area contributed by atoms with Crippen LogP contribution in [0.3, 0.4) is 0 Å². The van der Waals surface area contributed by atoms with Crippen LogP contribution in [0.4, 0.5) is 5.69 Å². The van der Waals surface area contributed by atoms with Crippen LogP contribution in [0.5, 0.6) is 0 Å². The molecule has 0 aliphatic rings. The summed E-state index contributed by atoms with van der Waals surface area (Å²) in [7, 11) is -3.72. The van der Waals surface area contributed by atoms with Gasteiger partial charge in [0.2, 0.25) is 0 Å². The number of benzene rings is 2. The lowest BCUT2D eigenvalue weighted by Crippen LogP contribution is -2.31. The summed E-state index contributed by atoms with van der Waals surface area (Å²) in [6.07, 6.45) is 1.54. The first-order chi connectivity index (χ1) is 10.9. The highest BCUT2D eigenvalue weighted by atomic mass is 32.2. The standard InChI is InChI=1S/C18H19NO3S/c1-4-13-19(17-9-5-14(2)6-10-17)23(21,22)18-11-7-16(8-12-18)15(3)20/h4-12H,1,13H2,2-3H3. The van der Waals surface area contributed by atoms with Crippen LogP contribution in [0.1, 0.15) is 22.8 Å². The van der Waals surface area contributed by atoms with Gasteiger partial charge in [-0.2, -0.15) is 0 Å². The first-order valence-electron chi connectivity index (χ1n) is 7.17. The van der Waals surface area contributed by atoms with E-state index >= 15 is 0 Å². The number of carbonyl (C=O) groups excluding carboxylic acids is 1. The van der Waals surface area contributed by atoms with Crippen molar-refractivity contribution in [1.29, 1.82) is 0 Å². The fourth-order valence-corrected chi connectivity index (χ4v) is 3.59. The van der Waals surface area contributed by atoms with Crippen molar-refractivity contribution in [3.8, 4) is 0 Å². The predicted molar refractivity (Wildman–Crippen MR) is 92.4 cm³/mol. The first-order valence-corrected chi connectivity index (χ1v) is 8.61. The van der Waals surface area contributed by atoms with Crippen molar-refractivity contribution in [2.45, 2.75) is 18.7 Å². The lowest BCUT2D eigenvalue weighted by molar-refractivity contribution is 0.101. The molecule has 2 rings (SSSR count). The van der Waals surface area contributed by atoms with Gasteiger partial charge in [-0.25, -0.2) is 8.42 Å². The molecule has 0 N–H and O–H groups in total. The number of rotatable bonds is 6. The molecule has 2 aromatic carbocycles. The van der Waals surface area contributed by atoms with Gasteiger partial charge in [0.1, 0.15) is 0 Å². The number of ketones is 1. The van der Waals surface area contributed by atoms with Crippen LogP contribution < -0.4 is 4.31 Å². The first kappa shape index (κ1) is 17.0. The zero-order valence-corrected chi connectivity index (χ0v) is 14.0. The molecule has 0 bridgehead atoms. The fourth-order valence-electron chi connectivity index (χ4n) is 2.16. The van der Waals surface area contributed by atoms with E-state index in [0.29, 0.717) is 11.3 Å². The van der Waals surface area contributed by atoms with Gasteiger partial charge in [-0.05, 0) is 38.1 Å². The zero-order chi connectivity index (χ0) is 17.0. The third-order valence-electron chi connectivity index (χ3n) is 3.47. The van der Waals surface area contributed by atoms with Gasteiger partial charge in [0.15, 0.2) is 5.78 Å². The number of sulfonamides is 1. The van der Waals surface area contributed by atoms with Crippen LogP contribution in [0.25, 0.3) is 0 Å². The van der Waals surface area contributed by atoms with E-state index in [4.69, 9.17) is 0 Å². The van der Waals surface area contributed by atoms with Gasteiger partial charge in [0.05, 0.1) is 17.1 Å². The number of hydrogen-bond donors (Lipinski definition) is 0. The van der Waals surface area contributed by atoms with Gasteiger partial charge < -0.3 is 0 Å². The predicted octanol–water partition coefficient (Wildman–Crippen LogP) is 3.58. The molecule has 0 heterocycles. The van der Waals surface area contributed by atoms with E-state index in [1.165, 1.54) is 35.5 Å². The van der Waals surface area contributed by atoms with E-state index in [9.17, 15) is 13.2 Å². The number of carbonyl (C=O) groups is 1. The summed E-state index contributed by atoms with van der Waals surface area (Å²) in [6.45, 7) is 7.19. The minimum Gasteiger partial charge on any atom is -0.295 e. The number of aryl methyl sites for hydroxylation is 1. The summed E-state index contributed by atoms with van der Waals surface area (Å²) in [5.41, 5.74) is 2.11. The Morgan fingerprint density at radius 2 is 1.65 bits per heavy atom. The molecule has 0 unspecified atom stereocenters. The van der Waals surface area contributed by atoms with E-state index in [1.807, 2.05) is 19.1 Å². The van der Waals surface area contributed by atoms with Crippen LogP contribution in [-0.2, 0) is 10.0 Å². The fraction of sp³-hybridized carbons (Fsp3) is 0.167. The summed E-state index contributed by atoms with van der Waals surface area (Å²) in [6, 6.07) is 13.2. The highest BCUT2D eigenvalue weighted by molar-refractivity contribution is 7.92. The second-order valence-electron chi connectivity index (χ2n) is 5.24. The maximum atomic E-state index is 12.9. The SMILES string of the molecule is C=CCN(c1ccc(C)cc1)S(=O)(=O)c1ccc(C(C)=O)cc1. The molecule has 23 heavy (non-hydrogen) atoms. The summed E-state index contributed by atoms with van der Waals surface area (Å²) >= 11 is 0. The highest BCUT2D eigenvalue weighted by Gasteiger charge is 2.24. The molecule has 0 saturated carbocycles. The molecule has 0 radical (unpaired) electrons. The van der Waals surface area contributed by atoms with E-state index < -0.39 is 10.0 Å². The molecule has 0 amide bonds. The largest absolute Gasteiger partial charge is 0.295 e. The Morgan fingerprint density at radius 1 is 1.09 bits per heavy atom. The van der Waals surface area contributed by atoms with Crippen molar-refractivity contribution in [1.82, 2.24) is 0 Å². The number of nitrogens with zero attached hydrogens (tertiary/aromatic N) is 1. The van der Waals surface area contributed by atoms with Crippen molar-refractivity contribution in [2.24, 2.45) is 0 Å². The molecule has 0 aliphatic carbocycles. The van der Waals surface area contributed by atoms with Crippen molar-refractivity contribution in [3.63, 3.8) is 0 Å². The molecule has 0 spiro atoms. The average Bonchev–Trinajstić information content (AvgIpc) is 2.53. The summed E-state index contributed by atoms with van der Waals surface area (Å²) in [5.74, 6) is -0.101. The summed E-state index contributed by atoms with van der Waals surface area (Å²) in [4.78, 5) is 11.5. The third-order valence-corrected chi connectivity index (χ3v) is 5.27. The van der Waals surface area contributed by atoms with Gasteiger partial charge in [0.25, 0.3) is 10.0 Å². The van der Waals surface area contributed by atoms with Gasteiger partial charge in [0, 0.05) is 5.56 Å². The third kappa shape index (κ3) is 3.68. The van der Waals surface area contributed by atoms with Gasteiger partial charge >= 0.3 is 0 Å². The van der Waals surface area contributed by atoms with Crippen molar-refractivity contribution in [3.05, 3.63) is 72.3 Å². The minimum absolute atomic E-state index is 0.101. The van der Waals surface area contributed by atoms with Crippen LogP contribution in [0.15, 0.2) is 66.1 Å². The molecule has 0 atom stereocenters. The van der Waals surface area contributed by atoms with E-state index in [1.54, 1.807) is 18.2 Å². The monoisotopic (exact) mass is 329 g/mol. The molecule has 120 valence electrons. The second kappa shape index (κ2) is 6.79. The van der Waals surface area contributed by atoms with E-state index in [0.717, 1.165) is 5.56 Å². The van der Waals surface area contributed by atoms with Crippen molar-refractivity contribution < 1.29 is 13.2 Å². The molecule has 0 aromatic heterocycles. The Morgan fingerprint density at radius 3 is 2.13 bits per heavy atom. The lowest BCUT2D eigenvalue weighted by Gasteiger charge is -2.23. The van der Waals surface area contributed by atoms with Crippen molar-refractivity contribution in [2.75, 3.05) is 10.8 Å². The van der Waals surface area contributed by atoms with Crippen LogP contribution in [0, 0.1) is 6.92 Å². The number of hydrogen-bond acceptors (Lipinski definition) is 3. The van der Waals surface area contributed by atoms with Crippen LogP contribution in [-0.4, -0.2) is 20.7 Å². The molecular formula is C18H19NO3S. The lowest BCUT2D eigenvalue weighted by atomic mass is 10.2. The van der Waals surface area contributed by atoms with E-state index in [2.05, 4.69) is 6.58 Å². The maximum absolute atomic E-state index is 12.9. The van der Waals surface area contributed by atoms with Gasteiger partial charge in [-0.15, -0.1) is 6.58 Å². The molecule has 5 heteroatoms. The molecule has 0 fully saturated rings. The Balaban J connectivity index is 2.45. The Kier molecular flexibility index (Phi) is 5.01. The average molecular weight is 329 g/mol. The van der Waals surface area contributed by atoms with Gasteiger partial charge in [-0.1, -0.05) is 35.9 Å². The quantitative estimate of drug-likeness (QED) is 0.601. The smallest absolute Gasteiger partial charge is 0.264 e. The second-order valence-corrected chi connectivity index (χ2v) is 7.10. The normalized spacial score (nSPS) is 11.0. The Bertz CT molecular complexity index is 806. The summed E-state index contributed by atoms with van der Waals surface area (Å²) < 4.78 is 27.1. The van der Waals surface area contributed by atoms with Crippen molar-refractivity contribution >= 4 is 21.5 Å². The Hall–Kier alpha value is -2.40.